The highest BCUT2D eigenvalue weighted by Crippen LogP contribution is 2.42. The van der Waals surface area contributed by atoms with Crippen LogP contribution in [0.15, 0.2) is 70.9 Å². The molecule has 34 heavy (non-hydrogen) atoms. The number of hydrogen-bond acceptors (Lipinski definition) is 6. The van der Waals surface area contributed by atoms with E-state index < -0.39 is 17.7 Å². The normalized spacial score (nSPS) is 17.3. The van der Waals surface area contributed by atoms with Gasteiger partial charge in [0.15, 0.2) is 11.5 Å². The van der Waals surface area contributed by atoms with Gasteiger partial charge in [-0.25, -0.2) is 0 Å². The molecule has 1 aromatic heterocycles. The lowest BCUT2D eigenvalue weighted by Crippen LogP contribution is -2.29. The van der Waals surface area contributed by atoms with Crippen molar-refractivity contribution in [3.05, 3.63) is 88.9 Å². The van der Waals surface area contributed by atoms with Gasteiger partial charge in [-0.3, -0.25) is 9.59 Å². The summed E-state index contributed by atoms with van der Waals surface area (Å²) in [7, 11) is 0. The number of furan rings is 1. The second kappa shape index (κ2) is 9.87. The molecule has 1 amide bonds. The van der Waals surface area contributed by atoms with E-state index in [-0.39, 0.29) is 17.9 Å². The van der Waals surface area contributed by atoms with Crippen LogP contribution >= 0.6 is 0 Å². The number of aryl methyl sites for hydroxylation is 1. The summed E-state index contributed by atoms with van der Waals surface area (Å²) in [6.45, 7) is 6.63. The Morgan fingerprint density at radius 3 is 2.35 bits per heavy atom. The zero-order chi connectivity index (χ0) is 24.2. The highest BCUT2D eigenvalue weighted by atomic mass is 16.5. The van der Waals surface area contributed by atoms with Crippen molar-refractivity contribution in [1.29, 1.82) is 0 Å². The maximum Gasteiger partial charge on any atom is 0.296 e. The Morgan fingerprint density at radius 1 is 1.00 bits per heavy atom. The van der Waals surface area contributed by atoms with Gasteiger partial charge in [-0.05, 0) is 50.6 Å². The van der Waals surface area contributed by atoms with Crippen LogP contribution in [0, 0.1) is 6.92 Å². The molecule has 1 atom stereocenters. The zero-order valence-electron chi connectivity index (χ0n) is 19.4. The van der Waals surface area contributed by atoms with Crippen molar-refractivity contribution in [3.63, 3.8) is 0 Å². The topological polar surface area (TPSA) is 89.2 Å². The number of likely N-dealkylation sites (tertiary alicyclic amines) is 1. The van der Waals surface area contributed by atoms with Gasteiger partial charge in [0.25, 0.3) is 11.7 Å². The molecule has 0 spiro atoms. The number of hydrogen-bond donors (Lipinski definition) is 1. The first-order valence-electron chi connectivity index (χ1n) is 11.2. The van der Waals surface area contributed by atoms with E-state index in [2.05, 4.69) is 0 Å². The minimum absolute atomic E-state index is 0.0204. The number of Topliss-reactive ketones (excluding diaryl/α,β-unsaturated/α-hetero) is 1. The van der Waals surface area contributed by atoms with E-state index >= 15 is 0 Å². The minimum Gasteiger partial charge on any atom is -0.507 e. The van der Waals surface area contributed by atoms with Crippen LogP contribution in [-0.4, -0.2) is 34.9 Å². The number of amides is 1. The Morgan fingerprint density at radius 2 is 1.71 bits per heavy atom. The summed E-state index contributed by atoms with van der Waals surface area (Å²) in [5.74, 6) is -0.0888. The molecule has 1 N–H and O–H groups in total. The maximum absolute atomic E-state index is 13.2. The number of ether oxygens (including phenoxy) is 2. The third kappa shape index (κ3) is 4.41. The first-order chi connectivity index (χ1) is 16.4. The Hall–Kier alpha value is -4.00. The van der Waals surface area contributed by atoms with Gasteiger partial charge < -0.3 is 23.9 Å². The lowest BCUT2D eigenvalue weighted by Gasteiger charge is -2.25. The Labute approximate surface area is 198 Å². The SMILES string of the molecule is CCOc1ccc(C2/C(=C(\O)c3ccc(C)cc3)C(=O)C(=O)N2Cc2ccco2)cc1OCC. The zero-order valence-corrected chi connectivity index (χ0v) is 19.4. The molecular weight excluding hydrogens is 434 g/mol. The van der Waals surface area contributed by atoms with E-state index in [1.54, 1.807) is 42.5 Å². The molecular formula is C27H27NO6. The quantitative estimate of drug-likeness (QED) is 0.288. The van der Waals surface area contributed by atoms with E-state index in [0.29, 0.717) is 41.6 Å². The van der Waals surface area contributed by atoms with Crippen LogP contribution in [0.1, 0.15) is 42.3 Å². The number of rotatable bonds is 8. The number of aliphatic hydroxyl groups excluding tert-OH is 1. The fraction of sp³-hybridized carbons (Fsp3) is 0.259. The molecule has 1 aliphatic heterocycles. The van der Waals surface area contributed by atoms with Gasteiger partial charge in [-0.15, -0.1) is 0 Å². The summed E-state index contributed by atoms with van der Waals surface area (Å²) in [6.07, 6.45) is 1.51. The van der Waals surface area contributed by atoms with Crippen molar-refractivity contribution in [2.75, 3.05) is 13.2 Å². The number of aliphatic hydroxyl groups is 1. The van der Waals surface area contributed by atoms with Crippen LogP contribution in [0.4, 0.5) is 0 Å². The van der Waals surface area contributed by atoms with Crippen LogP contribution in [-0.2, 0) is 16.1 Å². The monoisotopic (exact) mass is 461 g/mol. The van der Waals surface area contributed by atoms with Gasteiger partial charge in [-0.2, -0.15) is 0 Å². The molecule has 7 heteroatoms. The molecule has 0 bridgehead atoms. The summed E-state index contributed by atoms with van der Waals surface area (Å²) in [6, 6.07) is 15.0. The molecule has 7 nitrogen and oxygen atoms in total. The average Bonchev–Trinajstić information content (AvgIpc) is 3.43. The van der Waals surface area contributed by atoms with Crippen LogP contribution in [0.2, 0.25) is 0 Å². The molecule has 2 aromatic carbocycles. The largest absolute Gasteiger partial charge is 0.507 e. The fourth-order valence-electron chi connectivity index (χ4n) is 4.06. The van der Waals surface area contributed by atoms with Crippen LogP contribution in [0.3, 0.4) is 0 Å². The number of benzene rings is 2. The van der Waals surface area contributed by atoms with Gasteiger partial charge in [0.05, 0.1) is 37.6 Å². The minimum atomic E-state index is -0.832. The number of carbonyl (C=O) groups excluding carboxylic acids is 2. The summed E-state index contributed by atoms with van der Waals surface area (Å²) in [5.41, 5.74) is 2.11. The van der Waals surface area contributed by atoms with E-state index in [1.165, 1.54) is 11.2 Å². The molecule has 0 aliphatic carbocycles. The average molecular weight is 462 g/mol. The number of carbonyl (C=O) groups is 2. The van der Waals surface area contributed by atoms with Crippen LogP contribution in [0.5, 0.6) is 11.5 Å². The van der Waals surface area contributed by atoms with Crippen LogP contribution in [0.25, 0.3) is 5.76 Å². The van der Waals surface area contributed by atoms with Crippen molar-refractivity contribution in [2.45, 2.75) is 33.4 Å². The molecule has 1 fully saturated rings. The number of nitrogens with zero attached hydrogens (tertiary/aromatic N) is 1. The summed E-state index contributed by atoms with van der Waals surface area (Å²) >= 11 is 0. The van der Waals surface area contributed by atoms with Gasteiger partial charge in [0.2, 0.25) is 0 Å². The summed E-state index contributed by atoms with van der Waals surface area (Å²) < 4.78 is 16.9. The predicted octanol–water partition coefficient (Wildman–Crippen LogP) is 5.01. The highest BCUT2D eigenvalue weighted by molar-refractivity contribution is 6.46. The molecule has 1 aliphatic rings. The van der Waals surface area contributed by atoms with Crippen molar-refractivity contribution >= 4 is 17.4 Å². The van der Waals surface area contributed by atoms with Crippen molar-refractivity contribution in [2.24, 2.45) is 0 Å². The first kappa shape index (κ1) is 23.2. The standard InChI is InChI=1S/C27H27NO6/c1-4-32-21-13-12-19(15-22(21)33-5-2)24-23(25(29)18-10-8-17(3)9-11-18)26(30)27(31)28(24)16-20-7-6-14-34-20/h6-15,24,29H,4-5,16H2,1-3H3/b25-23+. The molecule has 2 heterocycles. The van der Waals surface area contributed by atoms with Gasteiger partial charge in [0, 0.05) is 5.56 Å². The third-order valence-electron chi connectivity index (χ3n) is 5.65. The van der Waals surface area contributed by atoms with Gasteiger partial charge in [0.1, 0.15) is 11.5 Å². The lowest BCUT2D eigenvalue weighted by atomic mass is 9.94. The lowest BCUT2D eigenvalue weighted by molar-refractivity contribution is -0.140. The van der Waals surface area contributed by atoms with Crippen LogP contribution < -0.4 is 9.47 Å². The molecule has 0 saturated carbocycles. The van der Waals surface area contributed by atoms with E-state index in [9.17, 15) is 14.7 Å². The number of ketones is 1. The molecule has 176 valence electrons. The second-order valence-electron chi connectivity index (χ2n) is 7.94. The Bertz CT molecular complexity index is 1210. The molecule has 3 aromatic rings. The first-order valence-corrected chi connectivity index (χ1v) is 11.2. The molecule has 4 rings (SSSR count). The summed E-state index contributed by atoms with van der Waals surface area (Å²) in [4.78, 5) is 27.7. The van der Waals surface area contributed by atoms with Crippen molar-refractivity contribution in [1.82, 2.24) is 4.90 Å². The van der Waals surface area contributed by atoms with E-state index in [1.807, 2.05) is 32.9 Å². The maximum atomic E-state index is 13.2. The Balaban J connectivity index is 1.87. The summed E-state index contributed by atoms with van der Waals surface area (Å²) in [5, 5.41) is 11.2. The fourth-order valence-corrected chi connectivity index (χ4v) is 4.06. The third-order valence-corrected chi connectivity index (χ3v) is 5.65. The van der Waals surface area contributed by atoms with Gasteiger partial charge in [-0.1, -0.05) is 35.9 Å². The Kier molecular flexibility index (Phi) is 6.72. The van der Waals surface area contributed by atoms with E-state index in [0.717, 1.165) is 5.56 Å². The van der Waals surface area contributed by atoms with Crippen molar-refractivity contribution < 1.29 is 28.6 Å². The smallest absolute Gasteiger partial charge is 0.296 e. The van der Waals surface area contributed by atoms with Gasteiger partial charge >= 0.3 is 0 Å². The highest BCUT2D eigenvalue weighted by Gasteiger charge is 2.46. The van der Waals surface area contributed by atoms with Crippen molar-refractivity contribution in [3.8, 4) is 11.5 Å². The van der Waals surface area contributed by atoms with E-state index in [4.69, 9.17) is 13.9 Å². The second-order valence-corrected chi connectivity index (χ2v) is 7.94. The molecule has 1 saturated heterocycles. The predicted molar refractivity (Wildman–Crippen MR) is 127 cm³/mol. The molecule has 0 radical (unpaired) electrons. The molecule has 1 unspecified atom stereocenters.